The molecule has 0 aromatic carbocycles. The maximum Gasteiger partial charge on any atom is 0.114 e. The third-order valence-electron chi connectivity index (χ3n) is 5.16. The molecule has 2 saturated heterocycles. The summed E-state index contributed by atoms with van der Waals surface area (Å²) in [5.41, 5.74) is 8.05. The van der Waals surface area contributed by atoms with Gasteiger partial charge in [0.1, 0.15) is 4.71 Å². The van der Waals surface area contributed by atoms with Crippen LogP contribution >= 0.6 is 47.0 Å². The van der Waals surface area contributed by atoms with Crippen LogP contribution in [-0.2, 0) is 9.47 Å². The van der Waals surface area contributed by atoms with Crippen molar-refractivity contribution in [2.45, 2.75) is 59.2 Å². The van der Waals surface area contributed by atoms with Gasteiger partial charge in [-0.1, -0.05) is 12.2 Å². The van der Waals surface area contributed by atoms with Crippen LogP contribution in [0.2, 0.25) is 0 Å². The summed E-state index contributed by atoms with van der Waals surface area (Å²) in [4.78, 5) is 0. The Morgan fingerprint density at radius 2 is 1.96 bits per heavy atom. The lowest BCUT2D eigenvalue weighted by molar-refractivity contribution is -0.0709. The van der Waals surface area contributed by atoms with Gasteiger partial charge >= 0.3 is 0 Å². The molecule has 5 nitrogen and oxygen atoms in total. The smallest absolute Gasteiger partial charge is 0.114 e. The number of hydrogen-bond donors (Lipinski definition) is 3. The number of methoxy groups -OCH3 is 2. The standard InChI is InChI=1S/C18H33N3O2S4/c1-11(2)8-26-18-21-20-16(27-18)10-24-15-9-25-17(19-15)12-5-6-13(22-3)14(7-12)23-4/h12-21H,1,5-10H2,2-4H3. The predicted molar refractivity (Wildman–Crippen MR) is 123 cm³/mol. The molecule has 1 aliphatic carbocycles. The molecule has 0 aromatic heterocycles. The van der Waals surface area contributed by atoms with Gasteiger partial charge in [-0.15, -0.1) is 47.0 Å². The third-order valence-corrected chi connectivity index (χ3v) is 11.0. The maximum atomic E-state index is 5.68. The van der Waals surface area contributed by atoms with Crippen molar-refractivity contribution in [2.75, 3.05) is 31.5 Å². The average Bonchev–Trinajstić information content (AvgIpc) is 3.33. The van der Waals surface area contributed by atoms with Crippen molar-refractivity contribution >= 4 is 47.0 Å². The Morgan fingerprint density at radius 1 is 1.15 bits per heavy atom. The number of rotatable bonds is 9. The van der Waals surface area contributed by atoms with Crippen LogP contribution in [0.3, 0.4) is 0 Å². The fourth-order valence-electron chi connectivity index (χ4n) is 3.73. The minimum absolute atomic E-state index is 0.238. The molecule has 2 heterocycles. The molecule has 27 heavy (non-hydrogen) atoms. The highest BCUT2D eigenvalue weighted by atomic mass is 32.2. The van der Waals surface area contributed by atoms with E-state index in [0.29, 0.717) is 26.7 Å². The summed E-state index contributed by atoms with van der Waals surface area (Å²) in [7, 11) is 3.62. The van der Waals surface area contributed by atoms with Gasteiger partial charge in [0.15, 0.2) is 0 Å². The highest BCUT2D eigenvalue weighted by Gasteiger charge is 2.38. The fourth-order valence-corrected chi connectivity index (χ4v) is 9.05. The van der Waals surface area contributed by atoms with Crippen molar-refractivity contribution in [3.8, 4) is 0 Å². The Balaban J connectivity index is 1.35. The van der Waals surface area contributed by atoms with Crippen molar-refractivity contribution in [1.29, 1.82) is 0 Å². The molecule has 0 radical (unpaired) electrons. The van der Waals surface area contributed by atoms with E-state index < -0.39 is 0 Å². The average molecular weight is 452 g/mol. The zero-order valence-corrected chi connectivity index (χ0v) is 19.7. The largest absolute Gasteiger partial charge is 0.379 e. The molecule has 0 amide bonds. The topological polar surface area (TPSA) is 54.5 Å². The number of hydrogen-bond acceptors (Lipinski definition) is 9. The van der Waals surface area contributed by atoms with Crippen molar-refractivity contribution in [3.63, 3.8) is 0 Å². The zero-order chi connectivity index (χ0) is 19.2. The molecule has 3 N–H and O–H groups in total. The molecular weight excluding hydrogens is 418 g/mol. The second kappa shape index (κ2) is 11.4. The molecular formula is C18H33N3O2S4. The predicted octanol–water partition coefficient (Wildman–Crippen LogP) is 3.30. The summed E-state index contributed by atoms with van der Waals surface area (Å²) in [5.74, 6) is 4.00. The molecule has 1 saturated carbocycles. The Hall–Kier alpha value is 0.940. The van der Waals surface area contributed by atoms with E-state index in [1.807, 2.05) is 42.4 Å². The van der Waals surface area contributed by atoms with Gasteiger partial charge in [-0.05, 0) is 32.1 Å². The van der Waals surface area contributed by atoms with Crippen molar-refractivity contribution in [1.82, 2.24) is 16.2 Å². The van der Waals surface area contributed by atoms with Crippen molar-refractivity contribution < 1.29 is 9.47 Å². The van der Waals surface area contributed by atoms with Crippen LogP contribution in [0, 0.1) is 5.92 Å². The van der Waals surface area contributed by atoms with Gasteiger partial charge in [0.25, 0.3) is 0 Å². The Labute approximate surface area is 181 Å². The third kappa shape index (κ3) is 6.72. The first-order valence-corrected chi connectivity index (χ1v) is 13.6. The molecule has 0 aromatic rings. The van der Waals surface area contributed by atoms with E-state index in [1.54, 1.807) is 7.11 Å². The second-order valence-corrected chi connectivity index (χ2v) is 12.5. The molecule has 3 aliphatic rings. The minimum Gasteiger partial charge on any atom is -0.379 e. The number of ether oxygens (including phenoxy) is 2. The Morgan fingerprint density at radius 3 is 2.70 bits per heavy atom. The van der Waals surface area contributed by atoms with Crippen LogP contribution in [0.5, 0.6) is 0 Å². The van der Waals surface area contributed by atoms with Crippen molar-refractivity contribution in [3.05, 3.63) is 12.2 Å². The Kier molecular flexibility index (Phi) is 9.52. The van der Waals surface area contributed by atoms with Crippen LogP contribution in [0.1, 0.15) is 26.2 Å². The number of nitrogens with one attached hydrogen (secondary N) is 3. The monoisotopic (exact) mass is 451 g/mol. The molecule has 156 valence electrons. The van der Waals surface area contributed by atoms with Crippen LogP contribution < -0.4 is 16.2 Å². The Bertz CT molecular complexity index is 488. The second-order valence-electron chi connectivity index (χ2n) is 7.38. The van der Waals surface area contributed by atoms with E-state index in [0.717, 1.165) is 24.3 Å². The normalized spacial score (nSPS) is 39.7. The van der Waals surface area contributed by atoms with E-state index in [2.05, 4.69) is 41.4 Å². The van der Waals surface area contributed by atoms with Crippen LogP contribution in [0.4, 0.5) is 0 Å². The number of thioether (sulfide) groups is 4. The maximum absolute atomic E-state index is 5.68. The van der Waals surface area contributed by atoms with Gasteiger partial charge in [0.05, 0.1) is 28.3 Å². The summed E-state index contributed by atoms with van der Waals surface area (Å²) in [6.07, 6.45) is 3.93. The fraction of sp³-hybridized carbons (Fsp3) is 0.889. The first kappa shape index (κ1) is 22.6. The highest BCUT2D eigenvalue weighted by Crippen LogP contribution is 2.39. The van der Waals surface area contributed by atoms with E-state index in [4.69, 9.17) is 9.47 Å². The summed E-state index contributed by atoms with van der Waals surface area (Å²) < 4.78 is 11.7. The molecule has 0 spiro atoms. The lowest BCUT2D eigenvalue weighted by Crippen LogP contribution is -2.43. The van der Waals surface area contributed by atoms with Gasteiger partial charge in [-0.3, -0.25) is 5.32 Å². The lowest BCUT2D eigenvalue weighted by atomic mass is 9.85. The molecule has 7 unspecified atom stereocenters. The molecule has 2 aliphatic heterocycles. The van der Waals surface area contributed by atoms with Gasteiger partial charge in [0.2, 0.25) is 0 Å². The van der Waals surface area contributed by atoms with Gasteiger partial charge in [-0.25, -0.2) is 10.9 Å². The summed E-state index contributed by atoms with van der Waals surface area (Å²) in [6, 6.07) is 0. The SMILES string of the molecule is C=C(C)CSC1NNC(CSC2CSC(C3CCC(OC)C(OC)C3)N2)S1. The quantitative estimate of drug-likeness (QED) is 0.458. The zero-order valence-electron chi connectivity index (χ0n) is 16.4. The molecule has 9 heteroatoms. The first-order valence-electron chi connectivity index (χ1n) is 9.56. The van der Waals surface area contributed by atoms with E-state index in [1.165, 1.54) is 17.7 Å². The first-order chi connectivity index (χ1) is 13.1. The summed E-state index contributed by atoms with van der Waals surface area (Å²) in [6.45, 7) is 6.07. The molecule has 7 atom stereocenters. The lowest BCUT2D eigenvalue weighted by Gasteiger charge is -2.36. The highest BCUT2D eigenvalue weighted by molar-refractivity contribution is 8.17. The van der Waals surface area contributed by atoms with Crippen molar-refractivity contribution in [2.24, 2.45) is 5.92 Å². The summed E-state index contributed by atoms with van der Waals surface area (Å²) in [5, 5.41) is 5.44. The van der Waals surface area contributed by atoms with Crippen LogP contribution in [0.25, 0.3) is 0 Å². The van der Waals surface area contributed by atoms with Gasteiger partial charge in [-0.2, -0.15) is 0 Å². The molecule has 3 fully saturated rings. The van der Waals surface area contributed by atoms with Crippen LogP contribution in [0.15, 0.2) is 12.2 Å². The minimum atomic E-state index is 0.238. The van der Waals surface area contributed by atoms with E-state index in [9.17, 15) is 0 Å². The van der Waals surface area contributed by atoms with Gasteiger partial charge < -0.3 is 9.47 Å². The van der Waals surface area contributed by atoms with Gasteiger partial charge in [0, 0.05) is 31.5 Å². The number of hydrazine groups is 1. The van der Waals surface area contributed by atoms with Crippen LogP contribution in [-0.4, -0.2) is 64.5 Å². The van der Waals surface area contributed by atoms with E-state index in [-0.39, 0.29) is 12.2 Å². The molecule has 0 bridgehead atoms. The summed E-state index contributed by atoms with van der Waals surface area (Å²) >= 11 is 8.04. The molecule has 3 rings (SSSR count). The van der Waals surface area contributed by atoms with E-state index >= 15 is 0 Å².